The van der Waals surface area contributed by atoms with Crippen LogP contribution in [0.25, 0.3) is 0 Å². The van der Waals surface area contributed by atoms with Gasteiger partial charge in [0.2, 0.25) is 0 Å². The van der Waals surface area contributed by atoms with Gasteiger partial charge in [0, 0.05) is 0 Å². The summed E-state index contributed by atoms with van der Waals surface area (Å²) in [6.07, 6.45) is 0. The zero-order chi connectivity index (χ0) is 22.6. The molecule has 0 aliphatic rings. The molecule has 158 valence electrons. The Morgan fingerprint density at radius 1 is 0.600 bits per heavy atom. The SMILES string of the molecule is [2H]c1cc([Si](C)(C)C)c(OCc2ccccc2)c(OCc2ccccc2)c1[Si](C)(C)C. The molecule has 0 bridgehead atoms. The molecule has 3 aromatic carbocycles. The highest BCUT2D eigenvalue weighted by Gasteiger charge is 2.30. The molecule has 0 radical (unpaired) electrons. The van der Waals surface area contributed by atoms with E-state index in [4.69, 9.17) is 10.8 Å². The summed E-state index contributed by atoms with van der Waals surface area (Å²) in [7, 11) is -3.64. The van der Waals surface area contributed by atoms with E-state index in [-0.39, 0.29) is 0 Å². The smallest absolute Gasteiger partial charge is 0.160 e. The van der Waals surface area contributed by atoms with Crippen molar-refractivity contribution in [3.63, 3.8) is 0 Å². The second-order valence-corrected chi connectivity index (χ2v) is 19.8. The van der Waals surface area contributed by atoms with Gasteiger partial charge in [-0.2, -0.15) is 0 Å². The maximum Gasteiger partial charge on any atom is 0.160 e. The second-order valence-electron chi connectivity index (χ2n) is 9.78. The maximum absolute atomic E-state index is 8.89. The zero-order valence-electron chi connectivity index (χ0n) is 20.1. The Hall–Kier alpha value is -2.31. The minimum absolute atomic E-state index is 0.467. The largest absolute Gasteiger partial charge is 0.485 e. The molecular formula is C26H34O2Si2. The first kappa shape index (κ1) is 20.9. The molecule has 0 saturated heterocycles. The number of benzene rings is 3. The van der Waals surface area contributed by atoms with Crippen molar-refractivity contribution in [2.45, 2.75) is 52.5 Å². The predicted octanol–water partition coefficient (Wildman–Crippen LogP) is 5.94. The van der Waals surface area contributed by atoms with Crippen LogP contribution >= 0.6 is 0 Å². The molecule has 3 rings (SSSR count). The molecule has 0 aliphatic carbocycles. The van der Waals surface area contributed by atoms with E-state index in [1.807, 2.05) is 36.4 Å². The lowest BCUT2D eigenvalue weighted by molar-refractivity contribution is 0.259. The Bertz CT molecular complexity index is 1010. The molecule has 3 aromatic rings. The average Bonchev–Trinajstić information content (AvgIpc) is 2.70. The molecule has 0 atom stereocenters. The van der Waals surface area contributed by atoms with Crippen LogP contribution in [0.15, 0.2) is 72.8 Å². The first-order valence-corrected chi connectivity index (χ1v) is 17.6. The summed E-state index contributed by atoms with van der Waals surface area (Å²) in [5, 5.41) is 2.19. The first-order chi connectivity index (χ1) is 14.6. The third-order valence-electron chi connectivity index (χ3n) is 5.05. The van der Waals surface area contributed by atoms with Gasteiger partial charge >= 0.3 is 0 Å². The summed E-state index contributed by atoms with van der Waals surface area (Å²) in [6.45, 7) is 14.7. The molecule has 0 aliphatic heterocycles. The lowest BCUT2D eigenvalue weighted by Crippen LogP contribution is -2.44. The van der Waals surface area contributed by atoms with Crippen LogP contribution in [0, 0.1) is 0 Å². The molecule has 0 N–H and O–H groups in total. The predicted molar refractivity (Wildman–Crippen MR) is 134 cm³/mol. The van der Waals surface area contributed by atoms with Gasteiger partial charge < -0.3 is 9.47 Å². The van der Waals surface area contributed by atoms with E-state index in [9.17, 15) is 0 Å². The van der Waals surface area contributed by atoms with E-state index in [1.54, 1.807) is 0 Å². The second kappa shape index (κ2) is 9.23. The lowest BCUT2D eigenvalue weighted by atomic mass is 10.2. The molecular weight excluding hydrogens is 400 g/mol. The van der Waals surface area contributed by atoms with Crippen molar-refractivity contribution in [2.75, 3.05) is 0 Å². The maximum atomic E-state index is 8.89. The Kier molecular flexibility index (Phi) is 6.44. The van der Waals surface area contributed by atoms with Crippen LogP contribution in [0.1, 0.15) is 12.5 Å². The van der Waals surface area contributed by atoms with E-state index in [0.717, 1.165) is 33.0 Å². The molecule has 0 aromatic heterocycles. The van der Waals surface area contributed by atoms with Gasteiger partial charge in [-0.1, -0.05) is 112 Å². The van der Waals surface area contributed by atoms with E-state index < -0.39 is 16.1 Å². The molecule has 30 heavy (non-hydrogen) atoms. The molecule has 0 fully saturated rings. The highest BCUT2D eigenvalue weighted by Crippen LogP contribution is 2.30. The van der Waals surface area contributed by atoms with Gasteiger partial charge in [-0.25, -0.2) is 0 Å². The fourth-order valence-electron chi connectivity index (χ4n) is 3.37. The van der Waals surface area contributed by atoms with Crippen molar-refractivity contribution in [3.05, 3.63) is 83.9 Å². The van der Waals surface area contributed by atoms with Crippen molar-refractivity contribution < 1.29 is 10.8 Å². The van der Waals surface area contributed by atoms with Crippen LogP contribution in [0.3, 0.4) is 0 Å². The fraction of sp³-hybridized carbons (Fsp3) is 0.308. The molecule has 0 amide bonds. The highest BCUT2D eigenvalue weighted by atomic mass is 28.3. The van der Waals surface area contributed by atoms with Crippen LogP contribution in [0.4, 0.5) is 0 Å². The minimum atomic E-state index is -1.86. The van der Waals surface area contributed by atoms with Crippen LogP contribution < -0.4 is 19.8 Å². The quantitative estimate of drug-likeness (QED) is 0.408. The van der Waals surface area contributed by atoms with Gasteiger partial charge in [0.25, 0.3) is 0 Å². The monoisotopic (exact) mass is 435 g/mol. The first-order valence-electron chi connectivity index (χ1n) is 11.1. The molecule has 0 heterocycles. The normalized spacial score (nSPS) is 12.4. The summed E-state index contributed by atoms with van der Waals surface area (Å²) in [5.41, 5.74) is 2.24. The van der Waals surface area contributed by atoms with Crippen molar-refractivity contribution in [3.8, 4) is 11.5 Å². The van der Waals surface area contributed by atoms with Crippen molar-refractivity contribution in [1.29, 1.82) is 0 Å². The highest BCUT2D eigenvalue weighted by molar-refractivity contribution is 6.91. The molecule has 2 nitrogen and oxygen atoms in total. The van der Waals surface area contributed by atoms with Gasteiger partial charge in [0.1, 0.15) is 13.2 Å². The Morgan fingerprint density at radius 3 is 1.40 bits per heavy atom. The van der Waals surface area contributed by atoms with Gasteiger partial charge in [-0.15, -0.1) is 0 Å². The topological polar surface area (TPSA) is 18.5 Å². The number of rotatable bonds is 8. The van der Waals surface area contributed by atoms with Crippen LogP contribution in [-0.2, 0) is 13.2 Å². The summed E-state index contributed by atoms with van der Waals surface area (Å²) in [4.78, 5) is 0. The minimum Gasteiger partial charge on any atom is -0.485 e. The Labute approximate surface area is 185 Å². The van der Waals surface area contributed by atoms with Crippen molar-refractivity contribution >= 4 is 26.5 Å². The van der Waals surface area contributed by atoms with Crippen LogP contribution in [0.2, 0.25) is 39.3 Å². The fourth-order valence-corrected chi connectivity index (χ4v) is 6.11. The van der Waals surface area contributed by atoms with Gasteiger partial charge in [0.05, 0.1) is 17.5 Å². The van der Waals surface area contributed by atoms with Gasteiger partial charge in [0.15, 0.2) is 11.5 Å². The van der Waals surface area contributed by atoms with E-state index in [2.05, 4.69) is 69.6 Å². The molecule has 0 spiro atoms. The third-order valence-corrected chi connectivity index (χ3v) is 8.91. The standard InChI is InChI=1S/C26H34O2Si2/c1-29(2,3)23-17-18-24(30(4,5)6)26(28-20-22-15-11-8-12-16-22)25(23)27-19-21-13-9-7-10-14-21/h7-18H,19-20H2,1-6H3/i17D. The van der Waals surface area contributed by atoms with Crippen molar-refractivity contribution in [2.24, 2.45) is 0 Å². The van der Waals surface area contributed by atoms with E-state index in [0.29, 0.717) is 19.3 Å². The van der Waals surface area contributed by atoms with Crippen LogP contribution in [-0.4, -0.2) is 16.1 Å². The number of ether oxygens (including phenoxy) is 2. The third kappa shape index (κ3) is 5.64. The van der Waals surface area contributed by atoms with Crippen LogP contribution in [0.5, 0.6) is 11.5 Å². The van der Waals surface area contributed by atoms with Crippen molar-refractivity contribution in [1.82, 2.24) is 0 Å². The number of hydrogen-bond donors (Lipinski definition) is 0. The summed E-state index contributed by atoms with van der Waals surface area (Å²) in [5.74, 6) is 1.62. The van der Waals surface area contributed by atoms with Gasteiger partial charge in [-0.05, 0) is 21.5 Å². The number of hydrogen-bond acceptors (Lipinski definition) is 2. The summed E-state index contributed by atoms with van der Waals surface area (Å²) < 4.78 is 21.9. The lowest BCUT2D eigenvalue weighted by Gasteiger charge is -2.28. The summed E-state index contributed by atoms with van der Waals surface area (Å²) >= 11 is 0. The van der Waals surface area contributed by atoms with E-state index >= 15 is 0 Å². The average molecular weight is 436 g/mol. The summed E-state index contributed by atoms with van der Waals surface area (Å²) in [6, 6.07) is 23.1. The Balaban J connectivity index is 2.12. The van der Waals surface area contributed by atoms with E-state index in [1.165, 1.54) is 0 Å². The molecule has 0 unspecified atom stereocenters. The Morgan fingerprint density at radius 2 is 1.00 bits per heavy atom. The molecule has 4 heteroatoms. The van der Waals surface area contributed by atoms with Gasteiger partial charge in [-0.3, -0.25) is 0 Å². The molecule has 0 saturated carbocycles. The zero-order valence-corrected chi connectivity index (χ0v) is 21.1.